The van der Waals surface area contributed by atoms with E-state index in [9.17, 15) is 4.79 Å². The summed E-state index contributed by atoms with van der Waals surface area (Å²) in [6.07, 6.45) is 4.12. The summed E-state index contributed by atoms with van der Waals surface area (Å²) in [5, 5.41) is 0. The van der Waals surface area contributed by atoms with Crippen molar-refractivity contribution in [1.29, 1.82) is 0 Å². The van der Waals surface area contributed by atoms with E-state index in [1.807, 2.05) is 31.7 Å². The number of nitrogens with zero attached hydrogens (tertiary/aromatic N) is 2. The van der Waals surface area contributed by atoms with E-state index in [0.29, 0.717) is 18.1 Å². The van der Waals surface area contributed by atoms with Crippen molar-refractivity contribution in [1.82, 2.24) is 4.90 Å². The Labute approximate surface area is 139 Å². The minimum Gasteiger partial charge on any atom is -0.444 e. The molecule has 1 unspecified atom stereocenters. The molecule has 23 heavy (non-hydrogen) atoms. The van der Waals surface area contributed by atoms with Crippen molar-refractivity contribution in [2.24, 2.45) is 0 Å². The van der Waals surface area contributed by atoms with E-state index in [4.69, 9.17) is 4.74 Å². The van der Waals surface area contributed by atoms with E-state index < -0.39 is 5.60 Å². The van der Waals surface area contributed by atoms with Gasteiger partial charge in [0.1, 0.15) is 5.60 Å². The lowest BCUT2D eigenvalue weighted by Crippen LogP contribution is -2.53. The van der Waals surface area contributed by atoms with Crippen LogP contribution in [0.2, 0.25) is 0 Å². The second-order valence-corrected chi connectivity index (χ2v) is 7.84. The van der Waals surface area contributed by atoms with Crippen LogP contribution in [0.3, 0.4) is 0 Å². The minimum absolute atomic E-state index is 0.134. The first kappa shape index (κ1) is 16.2. The number of anilines is 1. The summed E-state index contributed by atoms with van der Waals surface area (Å²) in [7, 11) is 2.17. The van der Waals surface area contributed by atoms with E-state index in [0.717, 1.165) is 25.7 Å². The van der Waals surface area contributed by atoms with Crippen molar-refractivity contribution >= 4 is 11.8 Å². The number of benzene rings is 1. The molecule has 0 N–H and O–H groups in total. The molecule has 0 spiro atoms. The molecule has 3 rings (SSSR count). The normalized spacial score (nSPS) is 27.0. The summed E-state index contributed by atoms with van der Waals surface area (Å²) < 4.78 is 5.61. The number of carbonyl (C=O) groups is 1. The summed E-state index contributed by atoms with van der Waals surface area (Å²) in [5.74, 6) is 0. The van der Waals surface area contributed by atoms with Gasteiger partial charge in [-0.15, -0.1) is 0 Å². The zero-order chi connectivity index (χ0) is 16.6. The van der Waals surface area contributed by atoms with Gasteiger partial charge in [0.05, 0.1) is 0 Å². The monoisotopic (exact) mass is 316 g/mol. The molecular weight excluding hydrogens is 288 g/mol. The third-order valence-electron chi connectivity index (χ3n) is 5.02. The number of hydrogen-bond donors (Lipinski definition) is 0. The Balaban J connectivity index is 1.68. The van der Waals surface area contributed by atoms with Crippen LogP contribution in [-0.2, 0) is 4.74 Å². The number of ether oxygens (including phenoxy) is 1. The molecule has 2 aliphatic heterocycles. The summed E-state index contributed by atoms with van der Waals surface area (Å²) in [4.78, 5) is 16.9. The van der Waals surface area contributed by atoms with Gasteiger partial charge in [0, 0.05) is 30.9 Å². The fourth-order valence-corrected chi connectivity index (χ4v) is 3.95. The van der Waals surface area contributed by atoms with Gasteiger partial charge in [-0.25, -0.2) is 4.79 Å². The lowest BCUT2D eigenvalue weighted by Gasteiger charge is -2.43. The van der Waals surface area contributed by atoms with Crippen LogP contribution in [0.25, 0.3) is 0 Å². The topological polar surface area (TPSA) is 32.8 Å². The number of rotatable bonds is 2. The van der Waals surface area contributed by atoms with Crippen LogP contribution >= 0.6 is 0 Å². The van der Waals surface area contributed by atoms with Crippen LogP contribution in [0, 0.1) is 0 Å². The molecule has 0 saturated carbocycles. The van der Waals surface area contributed by atoms with Crippen LogP contribution in [0.1, 0.15) is 46.5 Å². The van der Waals surface area contributed by atoms with Crippen molar-refractivity contribution in [3.8, 4) is 0 Å². The zero-order valence-corrected chi connectivity index (χ0v) is 14.7. The highest BCUT2D eigenvalue weighted by Gasteiger charge is 2.45. The molecule has 1 aromatic rings. The van der Waals surface area contributed by atoms with Crippen molar-refractivity contribution in [3.63, 3.8) is 0 Å². The molecule has 0 radical (unpaired) electrons. The van der Waals surface area contributed by atoms with Crippen LogP contribution in [0.5, 0.6) is 0 Å². The number of amides is 1. The maximum atomic E-state index is 12.5. The molecule has 1 aromatic carbocycles. The molecule has 2 bridgehead atoms. The SMILES string of the molecule is CN(c1ccccc1)C1C[C@H]2CC[C@@H](C1)N2C(=O)OC(C)(C)C. The molecular formula is C19H28N2O2. The van der Waals surface area contributed by atoms with Gasteiger partial charge >= 0.3 is 6.09 Å². The Kier molecular flexibility index (Phi) is 4.26. The Hall–Kier alpha value is -1.71. The lowest BCUT2D eigenvalue weighted by molar-refractivity contribution is 0.00599. The van der Waals surface area contributed by atoms with Gasteiger partial charge in [-0.3, -0.25) is 0 Å². The summed E-state index contributed by atoms with van der Waals surface area (Å²) >= 11 is 0. The molecule has 4 heteroatoms. The smallest absolute Gasteiger partial charge is 0.410 e. The van der Waals surface area contributed by atoms with Crippen LogP contribution in [0.4, 0.5) is 10.5 Å². The molecule has 0 aliphatic carbocycles. The number of hydrogen-bond acceptors (Lipinski definition) is 3. The van der Waals surface area contributed by atoms with Gasteiger partial charge in [-0.2, -0.15) is 0 Å². The van der Waals surface area contributed by atoms with Crippen molar-refractivity contribution < 1.29 is 9.53 Å². The Morgan fingerprint density at radius 1 is 1.13 bits per heavy atom. The van der Waals surface area contributed by atoms with Crippen molar-refractivity contribution in [3.05, 3.63) is 30.3 Å². The maximum Gasteiger partial charge on any atom is 0.410 e. The minimum atomic E-state index is -0.422. The number of carbonyl (C=O) groups excluding carboxylic acids is 1. The van der Waals surface area contributed by atoms with Gasteiger partial charge < -0.3 is 14.5 Å². The molecule has 3 atom stereocenters. The van der Waals surface area contributed by atoms with Crippen LogP contribution in [-0.4, -0.2) is 41.8 Å². The first-order valence-corrected chi connectivity index (χ1v) is 8.64. The zero-order valence-electron chi connectivity index (χ0n) is 14.7. The molecule has 2 heterocycles. The second-order valence-electron chi connectivity index (χ2n) is 7.84. The van der Waals surface area contributed by atoms with E-state index in [-0.39, 0.29) is 6.09 Å². The molecule has 2 aliphatic rings. The summed E-state index contributed by atoms with van der Waals surface area (Å²) in [5.41, 5.74) is 0.830. The van der Waals surface area contributed by atoms with E-state index in [1.54, 1.807) is 0 Å². The first-order valence-electron chi connectivity index (χ1n) is 8.64. The Morgan fingerprint density at radius 2 is 1.70 bits per heavy atom. The second kappa shape index (κ2) is 6.06. The fraction of sp³-hybridized carbons (Fsp3) is 0.632. The molecule has 4 nitrogen and oxygen atoms in total. The van der Waals surface area contributed by atoms with Crippen LogP contribution in [0.15, 0.2) is 30.3 Å². The Morgan fingerprint density at radius 3 is 2.22 bits per heavy atom. The average Bonchev–Trinajstić information content (AvgIpc) is 2.76. The summed E-state index contributed by atoms with van der Waals surface area (Å²) in [6, 6.07) is 11.6. The number of para-hydroxylation sites is 1. The predicted octanol–water partition coefficient (Wildman–Crippen LogP) is 4.05. The molecule has 0 aromatic heterocycles. The quantitative estimate of drug-likeness (QED) is 0.825. The number of fused-ring (bicyclic) bond motifs is 2. The third kappa shape index (κ3) is 3.46. The highest BCUT2D eigenvalue weighted by Crippen LogP contribution is 2.39. The van der Waals surface area contributed by atoms with Gasteiger partial charge in [-0.05, 0) is 58.6 Å². The first-order chi connectivity index (χ1) is 10.8. The molecule has 1 amide bonds. The number of piperidine rings is 1. The van der Waals surface area contributed by atoms with E-state index >= 15 is 0 Å². The molecule has 126 valence electrons. The predicted molar refractivity (Wildman–Crippen MR) is 92.8 cm³/mol. The van der Waals surface area contributed by atoms with E-state index in [2.05, 4.69) is 36.2 Å². The highest BCUT2D eigenvalue weighted by atomic mass is 16.6. The van der Waals surface area contributed by atoms with Crippen molar-refractivity contribution in [2.45, 2.75) is 70.2 Å². The van der Waals surface area contributed by atoms with Gasteiger partial charge in [0.15, 0.2) is 0 Å². The molecule has 2 fully saturated rings. The summed E-state index contributed by atoms with van der Waals surface area (Å²) in [6.45, 7) is 5.80. The lowest BCUT2D eigenvalue weighted by atomic mass is 9.96. The maximum absolute atomic E-state index is 12.5. The Bertz CT molecular complexity index is 538. The standard InChI is InChI=1S/C19H28N2O2/c1-19(2,3)23-18(22)21-15-10-11-16(21)13-17(12-15)20(4)14-8-6-5-7-9-14/h5-9,15-17H,10-13H2,1-4H3/t15-,16+,17?. The molecule has 2 saturated heterocycles. The fourth-order valence-electron chi connectivity index (χ4n) is 3.95. The largest absolute Gasteiger partial charge is 0.444 e. The van der Waals surface area contributed by atoms with Crippen LogP contribution < -0.4 is 4.90 Å². The van der Waals surface area contributed by atoms with Crippen molar-refractivity contribution in [2.75, 3.05) is 11.9 Å². The third-order valence-corrected chi connectivity index (χ3v) is 5.02. The highest BCUT2D eigenvalue weighted by molar-refractivity contribution is 5.69. The van der Waals surface area contributed by atoms with E-state index in [1.165, 1.54) is 5.69 Å². The van der Waals surface area contributed by atoms with Gasteiger partial charge in [0.25, 0.3) is 0 Å². The average molecular weight is 316 g/mol. The van der Waals surface area contributed by atoms with Gasteiger partial charge in [-0.1, -0.05) is 18.2 Å². The van der Waals surface area contributed by atoms with Gasteiger partial charge in [0.2, 0.25) is 0 Å².